The lowest BCUT2D eigenvalue weighted by Gasteiger charge is -2.26. The van der Waals surface area contributed by atoms with E-state index in [4.69, 9.17) is 0 Å². The fourth-order valence-corrected chi connectivity index (χ4v) is 1.87. The molecule has 1 aromatic heterocycles. The molecule has 0 amide bonds. The van der Waals surface area contributed by atoms with E-state index < -0.39 is 5.97 Å². The van der Waals surface area contributed by atoms with Crippen molar-refractivity contribution in [3.8, 4) is 0 Å². The number of aromatic nitrogens is 1. The first-order chi connectivity index (χ1) is 7.24. The summed E-state index contributed by atoms with van der Waals surface area (Å²) < 4.78 is 4.62. The van der Waals surface area contributed by atoms with Crippen LogP contribution in [-0.2, 0) is 4.74 Å². The highest BCUT2D eigenvalue weighted by molar-refractivity contribution is 5.90. The third-order valence-electron chi connectivity index (χ3n) is 2.93. The van der Waals surface area contributed by atoms with Gasteiger partial charge in [0.25, 0.3) is 5.56 Å². The molecule has 1 aromatic rings. The summed E-state index contributed by atoms with van der Waals surface area (Å²) in [5.41, 5.74) is 0.646. The molecule has 4 nitrogen and oxygen atoms in total. The Labute approximate surface area is 87.3 Å². The van der Waals surface area contributed by atoms with Gasteiger partial charge >= 0.3 is 5.97 Å². The summed E-state index contributed by atoms with van der Waals surface area (Å²) >= 11 is 0. The lowest BCUT2D eigenvalue weighted by molar-refractivity contribution is 0.0596. The number of nitrogens with one attached hydrogen (secondary N) is 1. The first kappa shape index (κ1) is 9.96. The van der Waals surface area contributed by atoms with E-state index in [0.29, 0.717) is 5.92 Å². The molecule has 1 N–H and O–H groups in total. The van der Waals surface area contributed by atoms with Crippen molar-refractivity contribution in [3.63, 3.8) is 0 Å². The molecule has 80 valence electrons. The van der Waals surface area contributed by atoms with Crippen molar-refractivity contribution in [2.45, 2.75) is 25.2 Å². The molecule has 0 radical (unpaired) electrons. The van der Waals surface area contributed by atoms with Crippen molar-refractivity contribution in [1.29, 1.82) is 0 Å². The third kappa shape index (κ3) is 1.67. The lowest BCUT2D eigenvalue weighted by atomic mass is 9.78. The van der Waals surface area contributed by atoms with Gasteiger partial charge in [-0.15, -0.1) is 0 Å². The van der Waals surface area contributed by atoms with Gasteiger partial charge in [-0.2, -0.15) is 0 Å². The molecule has 0 saturated heterocycles. The van der Waals surface area contributed by atoms with Gasteiger partial charge < -0.3 is 9.72 Å². The summed E-state index contributed by atoms with van der Waals surface area (Å²) in [5.74, 6) is -0.194. The van der Waals surface area contributed by atoms with Crippen LogP contribution in [-0.4, -0.2) is 18.1 Å². The Balaban J connectivity index is 2.48. The number of aromatic amines is 1. The van der Waals surface area contributed by atoms with Crippen LogP contribution in [0.3, 0.4) is 0 Å². The minimum absolute atomic E-state index is 0.171. The van der Waals surface area contributed by atoms with Crippen LogP contribution >= 0.6 is 0 Å². The predicted octanol–water partition coefficient (Wildman–Crippen LogP) is 1.43. The van der Waals surface area contributed by atoms with Crippen LogP contribution in [0.4, 0.5) is 0 Å². The molecule has 0 aromatic carbocycles. The summed E-state index contributed by atoms with van der Waals surface area (Å²) in [4.78, 5) is 25.5. The third-order valence-corrected chi connectivity index (χ3v) is 2.93. The Kier molecular flexibility index (Phi) is 2.58. The van der Waals surface area contributed by atoms with Crippen molar-refractivity contribution < 1.29 is 9.53 Å². The van der Waals surface area contributed by atoms with E-state index in [9.17, 15) is 9.59 Å². The number of rotatable bonds is 2. The second-order valence-electron chi connectivity index (χ2n) is 3.76. The number of hydrogen-bond acceptors (Lipinski definition) is 3. The zero-order valence-electron chi connectivity index (χ0n) is 8.58. The molecular formula is C11H13NO3. The van der Waals surface area contributed by atoms with E-state index in [2.05, 4.69) is 9.72 Å². The Morgan fingerprint density at radius 1 is 1.53 bits per heavy atom. The smallest absolute Gasteiger partial charge is 0.343 e. The largest absolute Gasteiger partial charge is 0.465 e. The molecule has 1 fully saturated rings. The highest BCUT2D eigenvalue weighted by Gasteiger charge is 2.26. The Morgan fingerprint density at radius 2 is 2.27 bits per heavy atom. The fraction of sp³-hybridized carbons (Fsp3) is 0.455. The quantitative estimate of drug-likeness (QED) is 0.746. The second-order valence-corrected chi connectivity index (χ2v) is 3.76. The number of H-pyrrole nitrogens is 1. The monoisotopic (exact) mass is 207 g/mol. The fourth-order valence-electron chi connectivity index (χ4n) is 1.87. The number of carbonyl (C=O) groups excluding carboxylic acids is 1. The molecule has 2 rings (SSSR count). The molecule has 0 spiro atoms. The molecule has 1 heterocycles. The van der Waals surface area contributed by atoms with E-state index >= 15 is 0 Å². The maximum absolute atomic E-state index is 11.5. The van der Waals surface area contributed by atoms with Crippen LogP contribution in [0.2, 0.25) is 0 Å². The standard InChI is InChI=1S/C11H13NO3/c1-15-11(14)9-8(7-3-2-4-7)5-6-12-10(9)13/h5-7H,2-4H2,1H3,(H,12,13). The topological polar surface area (TPSA) is 59.2 Å². The molecule has 1 saturated carbocycles. The van der Waals surface area contributed by atoms with Crippen molar-refractivity contribution in [2.24, 2.45) is 0 Å². The first-order valence-electron chi connectivity index (χ1n) is 5.04. The van der Waals surface area contributed by atoms with Crippen molar-refractivity contribution in [2.75, 3.05) is 7.11 Å². The van der Waals surface area contributed by atoms with Gasteiger partial charge in [-0.3, -0.25) is 4.79 Å². The van der Waals surface area contributed by atoms with Gasteiger partial charge in [-0.1, -0.05) is 6.42 Å². The normalized spacial score (nSPS) is 15.8. The minimum Gasteiger partial charge on any atom is -0.465 e. The minimum atomic E-state index is -0.543. The number of esters is 1. The zero-order valence-corrected chi connectivity index (χ0v) is 8.58. The average molecular weight is 207 g/mol. The van der Waals surface area contributed by atoms with Gasteiger partial charge in [-0.25, -0.2) is 4.79 Å². The zero-order chi connectivity index (χ0) is 10.8. The summed E-state index contributed by atoms with van der Waals surface area (Å²) in [6.07, 6.45) is 4.85. The van der Waals surface area contributed by atoms with Crippen LogP contribution in [0.25, 0.3) is 0 Å². The average Bonchev–Trinajstić information content (AvgIpc) is 2.14. The molecule has 15 heavy (non-hydrogen) atoms. The van der Waals surface area contributed by atoms with Crippen LogP contribution in [0.1, 0.15) is 41.1 Å². The van der Waals surface area contributed by atoms with Crippen LogP contribution in [0.15, 0.2) is 17.1 Å². The van der Waals surface area contributed by atoms with E-state index in [-0.39, 0.29) is 11.1 Å². The van der Waals surface area contributed by atoms with Gasteiger partial charge in [0.05, 0.1) is 7.11 Å². The van der Waals surface area contributed by atoms with Crippen LogP contribution in [0, 0.1) is 0 Å². The molecule has 1 aliphatic rings. The van der Waals surface area contributed by atoms with E-state index in [1.54, 1.807) is 12.3 Å². The summed E-state index contributed by atoms with van der Waals surface area (Å²) in [6, 6.07) is 1.80. The number of methoxy groups -OCH3 is 1. The molecule has 4 heteroatoms. The Morgan fingerprint density at radius 3 is 2.80 bits per heavy atom. The second kappa shape index (κ2) is 3.88. The number of ether oxygens (including phenoxy) is 1. The van der Waals surface area contributed by atoms with Crippen LogP contribution < -0.4 is 5.56 Å². The lowest BCUT2D eigenvalue weighted by Crippen LogP contribution is -2.24. The first-order valence-corrected chi connectivity index (χ1v) is 5.04. The van der Waals surface area contributed by atoms with Gasteiger partial charge in [-0.05, 0) is 30.4 Å². The van der Waals surface area contributed by atoms with Gasteiger partial charge in [0.2, 0.25) is 0 Å². The van der Waals surface area contributed by atoms with Gasteiger partial charge in [0, 0.05) is 6.20 Å². The van der Waals surface area contributed by atoms with Crippen LogP contribution in [0.5, 0.6) is 0 Å². The maximum Gasteiger partial charge on any atom is 0.343 e. The molecular weight excluding hydrogens is 194 g/mol. The predicted molar refractivity (Wildman–Crippen MR) is 55.0 cm³/mol. The summed E-state index contributed by atoms with van der Waals surface area (Å²) in [7, 11) is 1.29. The van der Waals surface area contributed by atoms with Gasteiger partial charge in [0.1, 0.15) is 5.56 Å². The summed E-state index contributed by atoms with van der Waals surface area (Å²) in [6.45, 7) is 0. The maximum atomic E-state index is 11.5. The molecule has 0 unspecified atom stereocenters. The Hall–Kier alpha value is -1.58. The number of hydrogen-bond donors (Lipinski definition) is 1. The van der Waals surface area contributed by atoms with Gasteiger partial charge in [0.15, 0.2) is 0 Å². The highest BCUT2D eigenvalue weighted by Crippen LogP contribution is 2.37. The Bertz CT molecular complexity index is 432. The molecule has 0 atom stereocenters. The van der Waals surface area contributed by atoms with E-state index in [1.165, 1.54) is 7.11 Å². The number of pyridine rings is 1. The molecule has 0 bridgehead atoms. The number of carbonyl (C=O) groups is 1. The van der Waals surface area contributed by atoms with Crippen molar-refractivity contribution in [1.82, 2.24) is 4.98 Å². The highest BCUT2D eigenvalue weighted by atomic mass is 16.5. The molecule has 1 aliphatic carbocycles. The van der Waals surface area contributed by atoms with E-state index in [0.717, 1.165) is 24.8 Å². The summed E-state index contributed by atoms with van der Waals surface area (Å²) in [5, 5.41) is 0. The van der Waals surface area contributed by atoms with Crippen molar-refractivity contribution in [3.05, 3.63) is 33.7 Å². The van der Waals surface area contributed by atoms with E-state index in [1.807, 2.05) is 0 Å². The van der Waals surface area contributed by atoms with Crippen molar-refractivity contribution >= 4 is 5.97 Å². The SMILES string of the molecule is COC(=O)c1c(C2CCC2)cc[nH]c1=O. The molecule has 0 aliphatic heterocycles.